The molecule has 3 aliphatic heterocycles. The summed E-state index contributed by atoms with van der Waals surface area (Å²) in [5, 5.41) is 9.39. The number of unbranched alkanes of at least 4 members (excludes halogenated alkanes) is 2. The second-order valence-electron chi connectivity index (χ2n) is 13.3. The van der Waals surface area contributed by atoms with Gasteiger partial charge in [-0.3, -0.25) is 14.4 Å². The van der Waals surface area contributed by atoms with Crippen LogP contribution in [0.5, 0.6) is 5.75 Å². The van der Waals surface area contributed by atoms with Gasteiger partial charge in [0.15, 0.2) is 0 Å². The smallest absolute Gasteiger partial charge is 0.247 e. The first-order chi connectivity index (χ1) is 21.8. The lowest BCUT2D eigenvalue weighted by molar-refractivity contribution is -0.144. The fraction of sp³-hybridized carbons (Fsp3) is 0.639. The largest absolute Gasteiger partial charge is 0.494 e. The molecule has 1 spiro atoms. The quantitative estimate of drug-likeness (QED) is 0.199. The molecule has 4 fully saturated rings. The predicted octanol–water partition coefficient (Wildman–Crippen LogP) is 5.60. The molecule has 1 aliphatic carbocycles. The number of benzene rings is 1. The molecule has 1 aromatic carbocycles. The van der Waals surface area contributed by atoms with Gasteiger partial charge >= 0.3 is 0 Å². The van der Waals surface area contributed by atoms with Gasteiger partial charge in [0.05, 0.1) is 23.2 Å². The number of nitrogens with zero attached hydrogens (tertiary/aromatic N) is 3. The van der Waals surface area contributed by atoms with Crippen molar-refractivity contribution >= 4 is 35.2 Å². The number of likely N-dealkylation sites (tertiary alicyclic amines) is 1. The van der Waals surface area contributed by atoms with Gasteiger partial charge in [-0.1, -0.05) is 31.4 Å². The van der Waals surface area contributed by atoms with E-state index in [2.05, 4.69) is 20.1 Å². The number of rotatable bonds is 15. The number of hydrogen-bond acceptors (Lipinski definition) is 6. The van der Waals surface area contributed by atoms with Crippen LogP contribution in [0.3, 0.4) is 0 Å². The van der Waals surface area contributed by atoms with Gasteiger partial charge in [-0.25, -0.2) is 0 Å². The highest BCUT2D eigenvalue weighted by Gasteiger charge is 2.77. The number of ether oxygens (including phenoxy) is 1. The van der Waals surface area contributed by atoms with Gasteiger partial charge in [0, 0.05) is 42.7 Å². The number of carbonyl (C=O) groups excluding carboxylic acids is 3. The van der Waals surface area contributed by atoms with Gasteiger partial charge in [-0.05, 0) is 83.1 Å². The van der Waals surface area contributed by atoms with Crippen LogP contribution < -0.4 is 9.64 Å². The van der Waals surface area contributed by atoms with Crippen molar-refractivity contribution in [3.05, 3.63) is 49.6 Å². The van der Waals surface area contributed by atoms with E-state index in [-0.39, 0.29) is 30.4 Å². The molecule has 0 radical (unpaired) electrons. The third-order valence-corrected chi connectivity index (χ3v) is 12.5. The van der Waals surface area contributed by atoms with E-state index in [0.717, 1.165) is 56.4 Å². The fourth-order valence-corrected chi connectivity index (χ4v) is 10.9. The third-order valence-electron chi connectivity index (χ3n) is 10.5. The molecule has 5 rings (SSSR count). The molecule has 4 aliphatic rings. The van der Waals surface area contributed by atoms with Crippen molar-refractivity contribution in [3.8, 4) is 5.75 Å². The average Bonchev–Trinajstić information content (AvgIpc) is 3.61. The monoisotopic (exact) mass is 637 g/mol. The van der Waals surface area contributed by atoms with E-state index in [4.69, 9.17) is 4.74 Å². The summed E-state index contributed by atoms with van der Waals surface area (Å²) in [4.78, 5) is 49.8. The Morgan fingerprint density at radius 3 is 2.40 bits per heavy atom. The Morgan fingerprint density at radius 2 is 1.76 bits per heavy atom. The summed E-state index contributed by atoms with van der Waals surface area (Å²) in [5.74, 6) is -0.543. The van der Waals surface area contributed by atoms with Crippen LogP contribution in [0, 0.1) is 11.8 Å². The van der Waals surface area contributed by atoms with Gasteiger partial charge < -0.3 is 24.5 Å². The molecule has 8 nitrogen and oxygen atoms in total. The summed E-state index contributed by atoms with van der Waals surface area (Å²) in [6.07, 6.45) is 12.5. The molecular weight excluding hydrogens is 586 g/mol. The number of amides is 3. The maximum Gasteiger partial charge on any atom is 0.247 e. The lowest BCUT2D eigenvalue weighted by atomic mass is 9.66. The Bertz CT molecular complexity index is 1250. The van der Waals surface area contributed by atoms with Crippen LogP contribution in [0.25, 0.3) is 0 Å². The summed E-state index contributed by atoms with van der Waals surface area (Å²) in [6, 6.07) is 7.03. The number of aliphatic hydroxyl groups excluding tert-OH is 1. The lowest BCUT2D eigenvalue weighted by Crippen LogP contribution is -2.57. The summed E-state index contributed by atoms with van der Waals surface area (Å²) in [7, 11) is 0. The summed E-state index contributed by atoms with van der Waals surface area (Å²) < 4.78 is 4.51. The van der Waals surface area contributed by atoms with E-state index in [9.17, 15) is 19.5 Å². The Morgan fingerprint density at radius 1 is 1.04 bits per heavy atom. The van der Waals surface area contributed by atoms with Crippen molar-refractivity contribution in [1.82, 2.24) is 9.80 Å². The molecule has 3 amide bonds. The predicted molar refractivity (Wildman–Crippen MR) is 180 cm³/mol. The third kappa shape index (κ3) is 6.19. The molecule has 1 N–H and O–H groups in total. The highest BCUT2D eigenvalue weighted by Crippen LogP contribution is 2.71. The van der Waals surface area contributed by atoms with Crippen molar-refractivity contribution in [2.45, 2.75) is 99.6 Å². The lowest BCUT2D eigenvalue weighted by Gasteiger charge is -2.41. The van der Waals surface area contributed by atoms with Gasteiger partial charge in [-0.15, -0.1) is 24.9 Å². The van der Waals surface area contributed by atoms with Crippen LogP contribution in [0.1, 0.15) is 78.1 Å². The minimum atomic E-state index is -0.660. The molecule has 3 heterocycles. The summed E-state index contributed by atoms with van der Waals surface area (Å²) >= 11 is 1.73. The second kappa shape index (κ2) is 14.3. The molecule has 45 heavy (non-hydrogen) atoms. The van der Waals surface area contributed by atoms with Crippen LogP contribution in [0.15, 0.2) is 49.6 Å². The van der Waals surface area contributed by atoms with Crippen LogP contribution in [-0.2, 0) is 14.4 Å². The molecule has 1 saturated carbocycles. The minimum Gasteiger partial charge on any atom is -0.494 e. The van der Waals surface area contributed by atoms with Crippen LogP contribution in [0.2, 0.25) is 0 Å². The Labute approximate surface area is 273 Å². The SMILES string of the molecule is C=CCN(C(=O)[C@H]1[C@H]2C(=O)N(CCCCCO)C(C(=O)N(CC=C)C3CCCCC3)C23CC[C@]1(C)S3)c1ccc(OCC)cc1. The van der Waals surface area contributed by atoms with Crippen molar-refractivity contribution in [2.24, 2.45) is 11.8 Å². The van der Waals surface area contributed by atoms with Crippen molar-refractivity contribution < 1.29 is 24.2 Å². The Balaban J connectivity index is 1.52. The van der Waals surface area contributed by atoms with Gasteiger partial charge in [-0.2, -0.15) is 0 Å². The van der Waals surface area contributed by atoms with E-state index in [1.807, 2.05) is 41.0 Å². The number of anilines is 1. The van der Waals surface area contributed by atoms with Gasteiger partial charge in [0.25, 0.3) is 0 Å². The second-order valence-corrected chi connectivity index (χ2v) is 15.2. The van der Waals surface area contributed by atoms with E-state index in [1.165, 1.54) is 6.42 Å². The highest BCUT2D eigenvalue weighted by atomic mass is 32.2. The first-order valence-corrected chi connectivity index (χ1v) is 17.8. The molecule has 5 atom stereocenters. The molecule has 9 heteroatoms. The minimum absolute atomic E-state index is 0.0131. The van der Waals surface area contributed by atoms with Crippen LogP contribution >= 0.6 is 11.8 Å². The topological polar surface area (TPSA) is 90.4 Å². The number of carbonyl (C=O) groups is 3. The fourth-order valence-electron chi connectivity index (χ4n) is 8.51. The van der Waals surface area contributed by atoms with Crippen molar-refractivity contribution in [1.29, 1.82) is 0 Å². The average molecular weight is 638 g/mol. The van der Waals surface area contributed by atoms with Crippen molar-refractivity contribution in [2.75, 3.05) is 37.7 Å². The Kier molecular flexibility index (Phi) is 10.7. The standard InChI is InChI=1S/C36H51N3O5S/c1-5-22-37(27-16-18-28(19-17-27)44-7-3)32(41)29-30-33(42)39(24-12-9-13-25-40)31(36(30)21-20-35(29,4)45-36)34(43)38(23-6-2)26-14-10-8-11-15-26/h5-6,16-19,26,29-31,40H,1-2,7-15,20-25H2,3-4H3/t29-,30+,31?,35+,36?/m1/s1. The van der Waals surface area contributed by atoms with E-state index in [1.54, 1.807) is 28.8 Å². The Hall–Kier alpha value is -2.78. The molecule has 0 aromatic heterocycles. The first-order valence-electron chi connectivity index (χ1n) is 16.9. The molecule has 2 bridgehead atoms. The normalized spacial score (nSPS) is 29.0. The molecule has 1 aromatic rings. The zero-order valence-corrected chi connectivity index (χ0v) is 27.9. The van der Waals surface area contributed by atoms with E-state index >= 15 is 0 Å². The van der Waals surface area contributed by atoms with E-state index < -0.39 is 27.4 Å². The zero-order chi connectivity index (χ0) is 32.2. The molecular formula is C36H51N3O5S. The van der Waals surface area contributed by atoms with Crippen LogP contribution in [0.4, 0.5) is 5.69 Å². The van der Waals surface area contributed by atoms with Gasteiger partial charge in [0.1, 0.15) is 11.8 Å². The maximum absolute atomic E-state index is 14.8. The number of fused-ring (bicyclic) bond motifs is 1. The molecule has 3 saturated heterocycles. The van der Waals surface area contributed by atoms with Crippen LogP contribution in [-0.4, -0.2) is 87.1 Å². The number of thioether (sulfide) groups is 1. The molecule has 246 valence electrons. The summed E-state index contributed by atoms with van der Waals surface area (Å²) in [5.41, 5.74) is 0.738. The maximum atomic E-state index is 14.8. The summed E-state index contributed by atoms with van der Waals surface area (Å²) in [6.45, 7) is 13.9. The van der Waals surface area contributed by atoms with Gasteiger partial charge in [0.2, 0.25) is 17.7 Å². The van der Waals surface area contributed by atoms with Crippen molar-refractivity contribution in [3.63, 3.8) is 0 Å². The number of aliphatic hydroxyl groups is 1. The number of hydrogen-bond donors (Lipinski definition) is 1. The highest BCUT2D eigenvalue weighted by molar-refractivity contribution is 8.02. The zero-order valence-electron chi connectivity index (χ0n) is 27.1. The first kappa shape index (κ1) is 33.6. The molecule has 2 unspecified atom stereocenters. The van der Waals surface area contributed by atoms with E-state index in [0.29, 0.717) is 39.1 Å².